The van der Waals surface area contributed by atoms with Crippen molar-refractivity contribution in [1.29, 1.82) is 0 Å². The summed E-state index contributed by atoms with van der Waals surface area (Å²) in [5.41, 5.74) is 0.870. The lowest BCUT2D eigenvalue weighted by Crippen LogP contribution is -2.01. The van der Waals surface area contributed by atoms with Crippen LogP contribution in [0.3, 0.4) is 0 Å². The van der Waals surface area contributed by atoms with Gasteiger partial charge in [0.1, 0.15) is 9.63 Å². The number of aromatic nitrogens is 3. The van der Waals surface area contributed by atoms with Gasteiger partial charge in [-0.05, 0) is 38.5 Å². The normalized spacial score (nSPS) is 10.5. The molecule has 0 aliphatic rings. The van der Waals surface area contributed by atoms with Gasteiger partial charge in [0.2, 0.25) is 0 Å². The lowest BCUT2D eigenvalue weighted by atomic mass is 10.3. The van der Waals surface area contributed by atoms with Crippen molar-refractivity contribution in [3.8, 4) is 0 Å². The molecule has 0 aromatic carbocycles. The maximum absolute atomic E-state index is 10.6. The highest BCUT2D eigenvalue weighted by Gasteiger charge is 2.18. The lowest BCUT2D eigenvalue weighted by molar-refractivity contribution is -0.390. The summed E-state index contributed by atoms with van der Waals surface area (Å²) in [5.74, 6) is -0.204. The highest BCUT2D eigenvalue weighted by molar-refractivity contribution is 9.10. The molecule has 0 aliphatic carbocycles. The van der Waals surface area contributed by atoms with E-state index in [1.165, 1.54) is 4.68 Å². The van der Waals surface area contributed by atoms with Crippen molar-refractivity contribution in [3.63, 3.8) is 0 Å². The second kappa shape index (κ2) is 4.80. The average Bonchev–Trinajstić information content (AvgIpc) is 2.59. The van der Waals surface area contributed by atoms with Gasteiger partial charge in [-0.25, -0.2) is 4.98 Å². The zero-order valence-electron chi connectivity index (χ0n) is 8.38. The standard InChI is InChI=1S/C9H6BrClN4O2/c10-7-5-14(13-9(7)15(16)17)4-6-1-2-12-8(11)3-6/h1-3,5H,4H2. The number of nitro groups is 1. The predicted octanol–water partition coefficient (Wildman–Crippen LogP) is 2.65. The second-order valence-electron chi connectivity index (χ2n) is 3.24. The van der Waals surface area contributed by atoms with Gasteiger partial charge in [-0.15, -0.1) is 0 Å². The Kier molecular flexibility index (Phi) is 3.39. The van der Waals surface area contributed by atoms with Crippen molar-refractivity contribution in [2.45, 2.75) is 6.54 Å². The zero-order chi connectivity index (χ0) is 12.4. The first-order chi connectivity index (χ1) is 8.06. The number of nitrogens with zero attached hydrogens (tertiary/aromatic N) is 4. The summed E-state index contributed by atoms with van der Waals surface area (Å²) in [6.07, 6.45) is 3.12. The molecule has 0 fully saturated rings. The Bertz CT molecular complexity index is 572. The molecule has 0 unspecified atom stereocenters. The molecule has 2 rings (SSSR count). The van der Waals surface area contributed by atoms with Crippen LogP contribution in [0.4, 0.5) is 5.82 Å². The molecule has 0 aliphatic heterocycles. The monoisotopic (exact) mass is 316 g/mol. The van der Waals surface area contributed by atoms with Gasteiger partial charge in [-0.1, -0.05) is 11.6 Å². The van der Waals surface area contributed by atoms with E-state index in [1.54, 1.807) is 24.5 Å². The van der Waals surface area contributed by atoms with Gasteiger partial charge < -0.3 is 10.1 Å². The summed E-state index contributed by atoms with van der Waals surface area (Å²) in [7, 11) is 0. The SMILES string of the molecule is O=[N+]([O-])c1nn(Cc2ccnc(Cl)c2)cc1Br. The van der Waals surface area contributed by atoms with Crippen LogP contribution < -0.4 is 0 Å². The molecule has 2 aromatic heterocycles. The van der Waals surface area contributed by atoms with E-state index in [1.807, 2.05) is 0 Å². The van der Waals surface area contributed by atoms with Crippen molar-refractivity contribution in [3.05, 3.63) is 49.8 Å². The van der Waals surface area contributed by atoms with E-state index >= 15 is 0 Å². The highest BCUT2D eigenvalue weighted by atomic mass is 79.9. The molecule has 0 saturated heterocycles. The minimum atomic E-state index is -0.542. The number of hydrogen-bond acceptors (Lipinski definition) is 4. The average molecular weight is 318 g/mol. The third-order valence-electron chi connectivity index (χ3n) is 2.01. The minimum absolute atomic E-state index is 0.204. The third-order valence-corrected chi connectivity index (χ3v) is 2.77. The lowest BCUT2D eigenvalue weighted by Gasteiger charge is -1.97. The van der Waals surface area contributed by atoms with Gasteiger partial charge in [-0.2, -0.15) is 4.68 Å². The fourth-order valence-electron chi connectivity index (χ4n) is 1.32. The predicted molar refractivity (Wildman–Crippen MR) is 64.9 cm³/mol. The van der Waals surface area contributed by atoms with Crippen molar-refractivity contribution >= 4 is 33.3 Å². The van der Waals surface area contributed by atoms with Crippen LogP contribution in [-0.4, -0.2) is 19.7 Å². The van der Waals surface area contributed by atoms with E-state index in [-0.39, 0.29) is 5.82 Å². The van der Waals surface area contributed by atoms with Crippen LogP contribution in [0.2, 0.25) is 5.15 Å². The quantitative estimate of drug-likeness (QED) is 0.495. The first-order valence-corrected chi connectivity index (χ1v) is 5.71. The van der Waals surface area contributed by atoms with Gasteiger partial charge >= 0.3 is 5.82 Å². The minimum Gasteiger partial charge on any atom is -0.358 e. The molecule has 2 heterocycles. The topological polar surface area (TPSA) is 73.8 Å². The highest BCUT2D eigenvalue weighted by Crippen LogP contribution is 2.22. The first kappa shape index (κ1) is 12.0. The summed E-state index contributed by atoms with van der Waals surface area (Å²) in [5, 5.41) is 14.8. The van der Waals surface area contributed by atoms with Crippen LogP contribution in [0, 0.1) is 10.1 Å². The van der Waals surface area contributed by atoms with Gasteiger partial charge in [0.15, 0.2) is 0 Å². The Morgan fingerprint density at radius 3 is 2.94 bits per heavy atom. The number of halogens is 2. The van der Waals surface area contributed by atoms with E-state index in [4.69, 9.17) is 11.6 Å². The molecule has 0 atom stereocenters. The molecular formula is C9H6BrClN4O2. The summed E-state index contributed by atoms with van der Waals surface area (Å²) < 4.78 is 1.82. The molecule has 2 aromatic rings. The van der Waals surface area contributed by atoms with E-state index in [0.717, 1.165) is 5.56 Å². The summed E-state index contributed by atoms with van der Waals surface area (Å²) in [6, 6.07) is 3.45. The smallest absolute Gasteiger partial charge is 0.358 e. The van der Waals surface area contributed by atoms with Crippen LogP contribution in [0.15, 0.2) is 29.0 Å². The fraction of sp³-hybridized carbons (Fsp3) is 0.111. The van der Waals surface area contributed by atoms with Gasteiger partial charge in [0.05, 0.1) is 17.8 Å². The molecule has 17 heavy (non-hydrogen) atoms. The molecule has 88 valence electrons. The molecule has 0 spiro atoms. The summed E-state index contributed by atoms with van der Waals surface area (Å²) >= 11 is 8.82. The molecule has 0 amide bonds. The van der Waals surface area contributed by atoms with Gasteiger partial charge in [-0.3, -0.25) is 0 Å². The molecule has 0 bridgehead atoms. The van der Waals surface area contributed by atoms with Crippen LogP contribution in [0.1, 0.15) is 5.56 Å². The Morgan fingerprint density at radius 1 is 1.59 bits per heavy atom. The molecule has 0 radical (unpaired) electrons. The van der Waals surface area contributed by atoms with Crippen LogP contribution in [0.25, 0.3) is 0 Å². The van der Waals surface area contributed by atoms with E-state index in [0.29, 0.717) is 16.2 Å². The largest absolute Gasteiger partial charge is 0.404 e. The third kappa shape index (κ3) is 2.80. The molecule has 0 N–H and O–H groups in total. The van der Waals surface area contributed by atoms with Crippen molar-refractivity contribution in [2.24, 2.45) is 0 Å². The number of hydrogen-bond donors (Lipinski definition) is 0. The zero-order valence-corrected chi connectivity index (χ0v) is 10.7. The van der Waals surface area contributed by atoms with E-state index < -0.39 is 4.92 Å². The molecular weight excluding hydrogens is 311 g/mol. The molecule has 8 heteroatoms. The van der Waals surface area contributed by atoms with Gasteiger partial charge in [0.25, 0.3) is 0 Å². The summed E-state index contributed by atoms with van der Waals surface area (Å²) in [6.45, 7) is 0.397. The summed E-state index contributed by atoms with van der Waals surface area (Å²) in [4.78, 5) is 13.9. The second-order valence-corrected chi connectivity index (χ2v) is 4.48. The fourth-order valence-corrected chi connectivity index (χ4v) is 1.98. The Labute approximate surface area is 110 Å². The Morgan fingerprint density at radius 2 is 2.35 bits per heavy atom. The number of pyridine rings is 1. The molecule has 0 saturated carbocycles. The van der Waals surface area contributed by atoms with Crippen molar-refractivity contribution in [2.75, 3.05) is 0 Å². The maximum atomic E-state index is 10.6. The maximum Gasteiger partial charge on any atom is 0.404 e. The Hall–Kier alpha value is -1.47. The van der Waals surface area contributed by atoms with Gasteiger partial charge in [0, 0.05) is 6.20 Å². The van der Waals surface area contributed by atoms with Crippen LogP contribution in [-0.2, 0) is 6.54 Å². The Balaban J connectivity index is 2.25. The van der Waals surface area contributed by atoms with Crippen LogP contribution >= 0.6 is 27.5 Å². The first-order valence-electron chi connectivity index (χ1n) is 4.54. The van der Waals surface area contributed by atoms with E-state index in [2.05, 4.69) is 26.0 Å². The van der Waals surface area contributed by atoms with Crippen molar-refractivity contribution in [1.82, 2.24) is 14.8 Å². The molecule has 6 nitrogen and oxygen atoms in total. The number of rotatable bonds is 3. The van der Waals surface area contributed by atoms with Crippen LogP contribution in [0.5, 0.6) is 0 Å². The van der Waals surface area contributed by atoms with E-state index in [9.17, 15) is 10.1 Å². The van der Waals surface area contributed by atoms with Crippen molar-refractivity contribution < 1.29 is 4.92 Å².